The van der Waals surface area contributed by atoms with Crippen LogP contribution in [-0.2, 0) is 34.3 Å². The minimum absolute atomic E-state index is 0.0274. The Kier molecular flexibility index (Phi) is 10.1. The minimum Gasteiger partial charge on any atom is -0.497 e. The molecule has 10 heteroatoms. The number of allylic oxidation sites excluding steroid dienone is 1. The van der Waals surface area contributed by atoms with E-state index in [1.54, 1.807) is 13.4 Å². The van der Waals surface area contributed by atoms with Gasteiger partial charge in [0.1, 0.15) is 12.4 Å². The summed E-state index contributed by atoms with van der Waals surface area (Å²) in [7, 11) is 4.88. The number of anilines is 1. The van der Waals surface area contributed by atoms with Crippen LogP contribution in [0.3, 0.4) is 0 Å². The van der Waals surface area contributed by atoms with E-state index >= 15 is 0 Å². The van der Waals surface area contributed by atoms with Crippen LogP contribution in [0.4, 0.5) is 6.01 Å². The molecule has 41 heavy (non-hydrogen) atoms. The summed E-state index contributed by atoms with van der Waals surface area (Å²) in [4.78, 5) is 26.8. The molecule has 2 aromatic heterocycles. The molecule has 0 aliphatic heterocycles. The zero-order valence-electron chi connectivity index (χ0n) is 24.0. The highest BCUT2D eigenvalue weighted by Crippen LogP contribution is 2.26. The second-order valence-corrected chi connectivity index (χ2v) is 9.60. The zero-order valence-corrected chi connectivity index (χ0v) is 24.0. The van der Waals surface area contributed by atoms with E-state index in [2.05, 4.69) is 25.7 Å². The van der Waals surface area contributed by atoms with Gasteiger partial charge in [0.05, 0.1) is 26.0 Å². The Morgan fingerprint density at radius 2 is 1.88 bits per heavy atom. The Bertz CT molecular complexity index is 1490. The molecular weight excluding hydrogens is 524 g/mol. The molecule has 4 rings (SSSR count). The lowest BCUT2D eigenvalue weighted by molar-refractivity contribution is -0.118. The van der Waals surface area contributed by atoms with Crippen molar-refractivity contribution in [3.05, 3.63) is 83.6 Å². The number of esters is 1. The molecule has 0 fully saturated rings. The molecule has 0 saturated heterocycles. The first kappa shape index (κ1) is 29.4. The molecular formula is C31H36N4O6. The quantitative estimate of drug-likeness (QED) is 0.145. The molecule has 4 aromatic rings. The predicted molar refractivity (Wildman–Crippen MR) is 155 cm³/mol. The van der Waals surface area contributed by atoms with Gasteiger partial charge >= 0.3 is 17.9 Å². The van der Waals surface area contributed by atoms with Crippen LogP contribution in [0.1, 0.15) is 54.4 Å². The monoisotopic (exact) mass is 560 g/mol. The molecule has 0 spiro atoms. The molecule has 0 atom stereocenters. The SMILES string of the molecule is CC/C(=C/OCc1ccccc1)CCC(=O)N(CCCc1cn(C)c2cc(OC)ccc12)c1nnc(C(=O)OC)o1. The number of ether oxygens (including phenoxy) is 3. The average molecular weight is 561 g/mol. The summed E-state index contributed by atoms with van der Waals surface area (Å²) in [6, 6.07) is 15.9. The summed E-state index contributed by atoms with van der Waals surface area (Å²) < 4.78 is 23.4. The van der Waals surface area contributed by atoms with Gasteiger partial charge in [0.15, 0.2) is 0 Å². The summed E-state index contributed by atoms with van der Waals surface area (Å²) in [5.74, 6) is -0.443. The Labute approximate surface area is 239 Å². The molecule has 0 aliphatic carbocycles. The molecule has 0 unspecified atom stereocenters. The van der Waals surface area contributed by atoms with Crippen molar-refractivity contribution in [1.29, 1.82) is 0 Å². The standard InChI is InChI=1S/C31H36N4O6/c1-5-22(20-40-21-23-10-7-6-8-11-23)13-16-28(36)35(31-33-32-29(41-31)30(37)39-4)17-9-12-24-19-34(2)27-18-25(38-3)14-15-26(24)27/h6-8,10-11,14-15,18-20H,5,9,12-13,16-17,21H2,1-4H3/b22-20-. The van der Waals surface area contributed by atoms with Crippen LogP contribution in [0.5, 0.6) is 5.75 Å². The molecule has 0 radical (unpaired) electrons. The maximum absolute atomic E-state index is 13.4. The Hall–Kier alpha value is -4.60. The number of benzene rings is 2. The molecule has 0 N–H and O–H groups in total. The van der Waals surface area contributed by atoms with Crippen molar-refractivity contribution in [3.63, 3.8) is 0 Å². The number of fused-ring (bicyclic) bond motifs is 1. The Morgan fingerprint density at radius 1 is 1.07 bits per heavy atom. The first-order valence-electron chi connectivity index (χ1n) is 13.6. The summed E-state index contributed by atoms with van der Waals surface area (Å²) in [5, 5.41) is 8.86. The number of carbonyl (C=O) groups excluding carboxylic acids is 2. The molecule has 216 valence electrons. The molecule has 0 aliphatic rings. The lowest BCUT2D eigenvalue weighted by atomic mass is 10.1. The van der Waals surface area contributed by atoms with Crippen molar-refractivity contribution >= 4 is 28.8 Å². The lowest BCUT2D eigenvalue weighted by Gasteiger charge is -2.18. The number of rotatable bonds is 14. The highest BCUT2D eigenvalue weighted by Gasteiger charge is 2.24. The van der Waals surface area contributed by atoms with Crippen LogP contribution < -0.4 is 9.64 Å². The number of aryl methyl sites for hydroxylation is 2. The molecule has 1 amide bonds. The van der Waals surface area contributed by atoms with Crippen LogP contribution in [0.15, 0.2) is 71.0 Å². The largest absolute Gasteiger partial charge is 0.497 e. The number of amides is 1. The summed E-state index contributed by atoms with van der Waals surface area (Å²) in [6.07, 6.45) is 6.68. The first-order valence-corrected chi connectivity index (χ1v) is 13.6. The number of aromatic nitrogens is 3. The highest BCUT2D eigenvalue weighted by molar-refractivity contribution is 5.92. The fourth-order valence-electron chi connectivity index (χ4n) is 4.57. The number of nitrogens with zero attached hydrogens (tertiary/aromatic N) is 4. The van der Waals surface area contributed by atoms with E-state index in [-0.39, 0.29) is 24.2 Å². The maximum Gasteiger partial charge on any atom is 0.396 e. The topological polar surface area (TPSA) is 109 Å². The smallest absolute Gasteiger partial charge is 0.396 e. The first-order chi connectivity index (χ1) is 19.9. The summed E-state index contributed by atoms with van der Waals surface area (Å²) in [5.41, 5.74) is 4.32. The summed E-state index contributed by atoms with van der Waals surface area (Å²) >= 11 is 0. The van der Waals surface area contributed by atoms with E-state index in [1.165, 1.54) is 12.0 Å². The van der Waals surface area contributed by atoms with Crippen LogP contribution in [0, 0.1) is 0 Å². The van der Waals surface area contributed by atoms with E-state index in [4.69, 9.17) is 13.9 Å². The van der Waals surface area contributed by atoms with Crippen molar-refractivity contribution in [1.82, 2.24) is 14.8 Å². The van der Waals surface area contributed by atoms with Crippen LogP contribution in [-0.4, -0.2) is 47.4 Å². The van der Waals surface area contributed by atoms with Gasteiger partial charge < -0.3 is 23.2 Å². The number of carbonyl (C=O) groups is 2. The second-order valence-electron chi connectivity index (χ2n) is 9.60. The van der Waals surface area contributed by atoms with Gasteiger partial charge in [-0.05, 0) is 54.5 Å². The minimum atomic E-state index is -0.755. The van der Waals surface area contributed by atoms with Crippen molar-refractivity contribution in [3.8, 4) is 5.75 Å². The van der Waals surface area contributed by atoms with Crippen molar-refractivity contribution < 1.29 is 28.2 Å². The van der Waals surface area contributed by atoms with E-state index in [1.807, 2.05) is 62.5 Å². The van der Waals surface area contributed by atoms with E-state index in [0.29, 0.717) is 26.0 Å². The Balaban J connectivity index is 1.43. The third-order valence-electron chi connectivity index (χ3n) is 6.87. The molecule has 0 bridgehead atoms. The van der Waals surface area contributed by atoms with E-state index in [0.717, 1.165) is 46.2 Å². The fourth-order valence-corrected chi connectivity index (χ4v) is 4.57. The average Bonchev–Trinajstić information content (AvgIpc) is 3.61. The van der Waals surface area contributed by atoms with Gasteiger partial charge in [-0.25, -0.2) is 4.79 Å². The van der Waals surface area contributed by atoms with Gasteiger partial charge in [0, 0.05) is 37.7 Å². The van der Waals surface area contributed by atoms with Crippen LogP contribution >= 0.6 is 0 Å². The predicted octanol–water partition coefficient (Wildman–Crippen LogP) is 5.61. The van der Waals surface area contributed by atoms with E-state index in [9.17, 15) is 9.59 Å². The van der Waals surface area contributed by atoms with E-state index < -0.39 is 5.97 Å². The van der Waals surface area contributed by atoms with Gasteiger partial charge in [-0.2, -0.15) is 0 Å². The molecule has 2 heterocycles. The normalized spacial score (nSPS) is 11.5. The molecule has 2 aromatic carbocycles. The van der Waals surface area contributed by atoms with Crippen LogP contribution in [0.25, 0.3) is 10.9 Å². The van der Waals surface area contributed by atoms with Gasteiger partial charge in [0.25, 0.3) is 0 Å². The number of hydrogen-bond acceptors (Lipinski definition) is 8. The maximum atomic E-state index is 13.4. The van der Waals surface area contributed by atoms with Crippen LogP contribution in [0.2, 0.25) is 0 Å². The molecule has 0 saturated carbocycles. The van der Waals surface area contributed by atoms with Gasteiger partial charge in [-0.15, -0.1) is 0 Å². The molecule has 10 nitrogen and oxygen atoms in total. The van der Waals surface area contributed by atoms with Gasteiger partial charge in [-0.3, -0.25) is 9.69 Å². The third-order valence-corrected chi connectivity index (χ3v) is 6.87. The second kappa shape index (κ2) is 14.2. The van der Waals surface area contributed by atoms with Gasteiger partial charge in [0.2, 0.25) is 5.91 Å². The van der Waals surface area contributed by atoms with Crippen molar-refractivity contribution in [2.75, 3.05) is 25.7 Å². The Morgan fingerprint density at radius 3 is 2.61 bits per heavy atom. The van der Waals surface area contributed by atoms with Gasteiger partial charge in [-0.1, -0.05) is 47.5 Å². The van der Waals surface area contributed by atoms with Crippen molar-refractivity contribution in [2.24, 2.45) is 7.05 Å². The lowest BCUT2D eigenvalue weighted by Crippen LogP contribution is -2.32. The van der Waals surface area contributed by atoms with Crippen molar-refractivity contribution in [2.45, 2.75) is 45.6 Å². The highest BCUT2D eigenvalue weighted by atomic mass is 16.5. The zero-order chi connectivity index (χ0) is 29.2. The number of hydrogen-bond donors (Lipinski definition) is 0. The third kappa shape index (κ3) is 7.53. The number of methoxy groups -OCH3 is 2. The summed E-state index contributed by atoms with van der Waals surface area (Å²) in [6.45, 7) is 2.83. The fraction of sp³-hybridized carbons (Fsp3) is 0.355.